The van der Waals surface area contributed by atoms with Crippen molar-refractivity contribution in [3.05, 3.63) is 77.6 Å². The van der Waals surface area contributed by atoms with Gasteiger partial charge in [0, 0.05) is 5.56 Å². The van der Waals surface area contributed by atoms with Crippen LogP contribution in [0.5, 0.6) is 0 Å². The van der Waals surface area contributed by atoms with E-state index in [9.17, 15) is 19.1 Å². The molecule has 124 valence electrons. The second-order valence-electron chi connectivity index (χ2n) is 5.27. The standard InChI is InChI=1S/C19H17FO4/c1-24-18(22)19(23,12-11-14-7-9-16(20)10-8-14)13-17(21)15-5-3-2-4-6-15/h2-12,23H,13H2,1H3/b12-11+/t19-/m0/s1. The van der Waals surface area contributed by atoms with Gasteiger partial charge in [-0.2, -0.15) is 0 Å². The molecule has 0 bridgehead atoms. The minimum atomic E-state index is -2.10. The lowest BCUT2D eigenvalue weighted by Gasteiger charge is -2.21. The highest BCUT2D eigenvalue weighted by Gasteiger charge is 2.37. The lowest BCUT2D eigenvalue weighted by molar-refractivity contribution is -0.156. The average molecular weight is 328 g/mol. The van der Waals surface area contributed by atoms with Gasteiger partial charge in [-0.15, -0.1) is 0 Å². The van der Waals surface area contributed by atoms with E-state index in [0.717, 1.165) is 7.11 Å². The smallest absolute Gasteiger partial charge is 0.342 e. The lowest BCUT2D eigenvalue weighted by atomic mass is 9.92. The van der Waals surface area contributed by atoms with E-state index in [1.54, 1.807) is 30.3 Å². The zero-order valence-corrected chi connectivity index (χ0v) is 13.1. The van der Waals surface area contributed by atoms with Gasteiger partial charge in [-0.1, -0.05) is 48.5 Å². The molecule has 24 heavy (non-hydrogen) atoms. The second kappa shape index (κ2) is 7.66. The maximum atomic E-state index is 12.9. The maximum Gasteiger partial charge on any atom is 0.342 e. The number of esters is 1. The van der Waals surface area contributed by atoms with E-state index in [4.69, 9.17) is 0 Å². The Balaban J connectivity index is 2.24. The van der Waals surface area contributed by atoms with Gasteiger partial charge in [-0.25, -0.2) is 9.18 Å². The number of benzene rings is 2. The van der Waals surface area contributed by atoms with E-state index in [0.29, 0.717) is 11.1 Å². The molecule has 0 spiro atoms. The summed E-state index contributed by atoms with van der Waals surface area (Å²) in [5.41, 5.74) is -1.14. The van der Waals surface area contributed by atoms with Crippen LogP contribution in [0.15, 0.2) is 60.7 Å². The van der Waals surface area contributed by atoms with E-state index < -0.39 is 29.6 Å². The fourth-order valence-electron chi connectivity index (χ4n) is 2.15. The molecule has 0 aromatic heterocycles. The fraction of sp³-hybridized carbons (Fsp3) is 0.158. The normalized spacial score (nSPS) is 13.5. The van der Waals surface area contributed by atoms with Gasteiger partial charge in [0.15, 0.2) is 11.4 Å². The number of halogens is 1. The zero-order valence-electron chi connectivity index (χ0n) is 13.1. The van der Waals surface area contributed by atoms with Gasteiger partial charge in [0.1, 0.15) is 5.82 Å². The molecule has 4 nitrogen and oxygen atoms in total. The Labute approximate surface area is 139 Å². The summed E-state index contributed by atoms with van der Waals surface area (Å²) in [6, 6.07) is 13.8. The topological polar surface area (TPSA) is 63.6 Å². The van der Waals surface area contributed by atoms with Crippen molar-refractivity contribution in [1.82, 2.24) is 0 Å². The molecule has 2 aromatic rings. The molecule has 0 unspecified atom stereocenters. The maximum absolute atomic E-state index is 12.9. The summed E-state index contributed by atoms with van der Waals surface area (Å²) in [7, 11) is 1.13. The molecular formula is C19H17FO4. The molecule has 1 atom stereocenters. The average Bonchev–Trinajstić information content (AvgIpc) is 2.61. The molecule has 0 amide bonds. The summed E-state index contributed by atoms with van der Waals surface area (Å²) in [5.74, 6) is -1.73. The third-order valence-corrected chi connectivity index (χ3v) is 3.49. The van der Waals surface area contributed by atoms with Crippen LogP contribution < -0.4 is 0 Å². The highest BCUT2D eigenvalue weighted by atomic mass is 19.1. The number of carbonyl (C=O) groups excluding carboxylic acids is 2. The van der Waals surface area contributed by atoms with E-state index in [2.05, 4.69) is 4.74 Å². The molecule has 0 heterocycles. The van der Waals surface area contributed by atoms with Crippen molar-refractivity contribution < 1.29 is 23.8 Å². The van der Waals surface area contributed by atoms with Crippen molar-refractivity contribution in [1.29, 1.82) is 0 Å². The van der Waals surface area contributed by atoms with Crippen LogP contribution in [-0.2, 0) is 9.53 Å². The highest BCUT2D eigenvalue weighted by molar-refractivity contribution is 6.00. The number of aliphatic hydroxyl groups is 1. The molecule has 2 rings (SSSR count). The van der Waals surface area contributed by atoms with E-state index in [-0.39, 0.29) is 0 Å². The Bertz CT molecular complexity index is 738. The van der Waals surface area contributed by atoms with Gasteiger partial charge in [0.05, 0.1) is 13.5 Å². The predicted octanol–water partition coefficient (Wildman–Crippen LogP) is 3.02. The van der Waals surface area contributed by atoms with Crippen LogP contribution in [-0.4, -0.2) is 29.6 Å². The molecule has 0 aliphatic heterocycles. The molecule has 0 saturated carbocycles. The lowest BCUT2D eigenvalue weighted by Crippen LogP contribution is -2.39. The molecule has 0 saturated heterocycles. The number of hydrogen-bond donors (Lipinski definition) is 1. The van der Waals surface area contributed by atoms with Crippen molar-refractivity contribution in [3.8, 4) is 0 Å². The Hall–Kier alpha value is -2.79. The fourth-order valence-corrected chi connectivity index (χ4v) is 2.15. The van der Waals surface area contributed by atoms with Crippen molar-refractivity contribution >= 4 is 17.8 Å². The largest absolute Gasteiger partial charge is 0.467 e. The first-order valence-electron chi connectivity index (χ1n) is 7.28. The van der Waals surface area contributed by atoms with Gasteiger partial charge in [0.2, 0.25) is 0 Å². The van der Waals surface area contributed by atoms with E-state index >= 15 is 0 Å². The molecule has 0 fully saturated rings. The third kappa shape index (κ3) is 4.36. The number of rotatable bonds is 6. The van der Waals surface area contributed by atoms with Crippen molar-refractivity contribution in [3.63, 3.8) is 0 Å². The Kier molecular flexibility index (Phi) is 5.60. The Morgan fingerprint density at radius 3 is 2.33 bits per heavy atom. The molecule has 5 heteroatoms. The van der Waals surface area contributed by atoms with Crippen molar-refractivity contribution in [2.45, 2.75) is 12.0 Å². The van der Waals surface area contributed by atoms with Crippen LogP contribution >= 0.6 is 0 Å². The summed E-state index contributed by atoms with van der Waals surface area (Å²) < 4.78 is 17.5. The number of ether oxygens (including phenoxy) is 1. The van der Waals surface area contributed by atoms with Gasteiger partial charge >= 0.3 is 5.97 Å². The monoisotopic (exact) mass is 328 g/mol. The molecule has 0 radical (unpaired) electrons. The first kappa shape index (κ1) is 17.6. The predicted molar refractivity (Wildman–Crippen MR) is 87.8 cm³/mol. The summed E-state index contributed by atoms with van der Waals surface area (Å²) in [6.07, 6.45) is 2.17. The SMILES string of the molecule is COC(=O)[C@](O)(/C=C/c1ccc(F)cc1)CC(=O)c1ccccc1. The first-order valence-corrected chi connectivity index (χ1v) is 7.28. The van der Waals surface area contributed by atoms with Crippen LogP contribution in [0.4, 0.5) is 4.39 Å². The quantitative estimate of drug-likeness (QED) is 0.654. The van der Waals surface area contributed by atoms with Crippen LogP contribution in [0.3, 0.4) is 0 Å². The van der Waals surface area contributed by atoms with Crippen LogP contribution in [0.2, 0.25) is 0 Å². The third-order valence-electron chi connectivity index (χ3n) is 3.49. The number of methoxy groups -OCH3 is 1. The van der Waals surface area contributed by atoms with Gasteiger partial charge in [-0.05, 0) is 23.8 Å². The number of Topliss-reactive ketones (excluding diaryl/α,β-unsaturated/α-hetero) is 1. The minimum Gasteiger partial charge on any atom is -0.467 e. The van der Waals surface area contributed by atoms with Gasteiger partial charge in [-0.3, -0.25) is 4.79 Å². The second-order valence-corrected chi connectivity index (χ2v) is 5.27. The molecule has 1 N–H and O–H groups in total. The first-order chi connectivity index (χ1) is 11.4. The van der Waals surface area contributed by atoms with Crippen LogP contribution in [0.25, 0.3) is 6.08 Å². The molecule has 2 aromatic carbocycles. The minimum absolute atomic E-state index is 0.384. The number of hydrogen-bond acceptors (Lipinski definition) is 4. The van der Waals surface area contributed by atoms with E-state index in [1.807, 2.05) is 0 Å². The Morgan fingerprint density at radius 1 is 1.12 bits per heavy atom. The number of carbonyl (C=O) groups is 2. The van der Waals surface area contributed by atoms with Crippen LogP contribution in [0.1, 0.15) is 22.3 Å². The summed E-state index contributed by atoms with van der Waals surface area (Å²) >= 11 is 0. The number of ketones is 1. The van der Waals surface area contributed by atoms with E-state index in [1.165, 1.54) is 36.4 Å². The van der Waals surface area contributed by atoms with Crippen LogP contribution in [0, 0.1) is 5.82 Å². The molecule has 0 aliphatic carbocycles. The van der Waals surface area contributed by atoms with Gasteiger partial charge < -0.3 is 9.84 Å². The zero-order chi connectivity index (χ0) is 17.6. The summed E-state index contributed by atoms with van der Waals surface area (Å²) in [5, 5.41) is 10.6. The molecular weight excluding hydrogens is 311 g/mol. The van der Waals surface area contributed by atoms with Crippen molar-refractivity contribution in [2.75, 3.05) is 7.11 Å². The summed E-state index contributed by atoms with van der Waals surface area (Å²) in [4.78, 5) is 24.2. The molecule has 0 aliphatic rings. The van der Waals surface area contributed by atoms with Gasteiger partial charge in [0.25, 0.3) is 0 Å². The Morgan fingerprint density at radius 2 is 1.75 bits per heavy atom. The van der Waals surface area contributed by atoms with Crippen molar-refractivity contribution in [2.24, 2.45) is 0 Å². The highest BCUT2D eigenvalue weighted by Crippen LogP contribution is 2.20. The summed E-state index contributed by atoms with van der Waals surface area (Å²) in [6.45, 7) is 0.